The normalized spacial score (nSPS) is 13.3. The maximum Gasteiger partial charge on any atom is 0.347 e. The third-order valence-corrected chi connectivity index (χ3v) is 4.94. The first-order chi connectivity index (χ1) is 14.0. The van der Waals surface area contributed by atoms with E-state index in [9.17, 15) is 14.7 Å². The van der Waals surface area contributed by atoms with E-state index < -0.39 is 5.69 Å². The van der Waals surface area contributed by atoms with Crippen LogP contribution in [0.25, 0.3) is 11.1 Å². The van der Waals surface area contributed by atoms with E-state index in [0.29, 0.717) is 12.3 Å². The number of carbonyl (C=O) groups is 1. The predicted molar refractivity (Wildman–Crippen MR) is 108 cm³/mol. The van der Waals surface area contributed by atoms with Gasteiger partial charge in [0.2, 0.25) is 5.91 Å². The zero-order valence-corrected chi connectivity index (χ0v) is 16.0. The lowest BCUT2D eigenvalue weighted by molar-refractivity contribution is -0.132. The smallest absolute Gasteiger partial charge is 0.347 e. The minimum Gasteiger partial charge on any atom is -0.504 e. The van der Waals surface area contributed by atoms with Crippen LogP contribution in [0.3, 0.4) is 0 Å². The zero-order valence-electron chi connectivity index (χ0n) is 16.0. The van der Waals surface area contributed by atoms with Crippen LogP contribution < -0.4 is 10.4 Å². The Morgan fingerprint density at radius 1 is 1.21 bits per heavy atom. The number of rotatable bonds is 3. The van der Waals surface area contributed by atoms with Crippen LogP contribution in [0.1, 0.15) is 11.1 Å². The topological polar surface area (TPSA) is 84.7 Å². The Labute approximate surface area is 167 Å². The summed E-state index contributed by atoms with van der Waals surface area (Å²) < 4.78 is 6.99. The molecule has 0 spiro atoms. The van der Waals surface area contributed by atoms with E-state index in [2.05, 4.69) is 4.98 Å². The summed E-state index contributed by atoms with van der Waals surface area (Å²) in [5, 5.41) is 10.5. The van der Waals surface area contributed by atoms with Crippen LogP contribution in [0.4, 0.5) is 0 Å². The van der Waals surface area contributed by atoms with Crippen molar-refractivity contribution in [1.29, 1.82) is 0 Å². The molecule has 0 aliphatic carbocycles. The van der Waals surface area contributed by atoms with Crippen molar-refractivity contribution in [3.63, 3.8) is 0 Å². The van der Waals surface area contributed by atoms with E-state index in [4.69, 9.17) is 4.74 Å². The molecule has 1 N–H and O–H groups in total. The van der Waals surface area contributed by atoms with Crippen LogP contribution in [-0.2, 0) is 17.9 Å². The Morgan fingerprint density at radius 2 is 2.00 bits per heavy atom. The van der Waals surface area contributed by atoms with Crippen molar-refractivity contribution in [1.82, 2.24) is 14.5 Å². The summed E-state index contributed by atoms with van der Waals surface area (Å²) in [6.45, 7) is 2.84. The molecule has 0 saturated carbocycles. The summed E-state index contributed by atoms with van der Waals surface area (Å²) >= 11 is 0. The molecule has 0 bridgehead atoms. The molecule has 1 aliphatic heterocycles. The van der Waals surface area contributed by atoms with Gasteiger partial charge in [-0.2, -0.15) is 0 Å². The molecule has 0 fully saturated rings. The molecule has 2 aromatic carbocycles. The molecular weight excluding hydrogens is 370 g/mol. The van der Waals surface area contributed by atoms with Crippen LogP contribution in [0, 0.1) is 6.92 Å². The van der Waals surface area contributed by atoms with Gasteiger partial charge in [-0.1, -0.05) is 29.8 Å². The van der Waals surface area contributed by atoms with Gasteiger partial charge in [0.15, 0.2) is 11.5 Å². The molecule has 1 aliphatic rings. The van der Waals surface area contributed by atoms with Crippen LogP contribution in [0.2, 0.25) is 0 Å². The minimum atomic E-state index is -0.466. The molecule has 7 heteroatoms. The molecule has 2 heterocycles. The SMILES string of the molecule is Cc1ccc(-c2cc(O)c3c(c2)CN(C(=O)Cn2cccnc2=O)CCO3)cc1. The Morgan fingerprint density at radius 3 is 2.76 bits per heavy atom. The average molecular weight is 391 g/mol. The summed E-state index contributed by atoms with van der Waals surface area (Å²) in [4.78, 5) is 29.9. The van der Waals surface area contributed by atoms with Crippen LogP contribution >= 0.6 is 0 Å². The molecule has 7 nitrogen and oxygen atoms in total. The number of phenols is 1. The average Bonchev–Trinajstić information content (AvgIpc) is 2.93. The van der Waals surface area contributed by atoms with Gasteiger partial charge in [0.1, 0.15) is 13.2 Å². The molecule has 3 aromatic rings. The fourth-order valence-corrected chi connectivity index (χ4v) is 3.38. The fourth-order valence-electron chi connectivity index (χ4n) is 3.38. The maximum atomic E-state index is 12.8. The summed E-state index contributed by atoms with van der Waals surface area (Å²) in [5.41, 5.74) is 3.23. The number of ether oxygens (including phenoxy) is 1. The summed E-state index contributed by atoms with van der Waals surface area (Å²) in [5.74, 6) is 0.238. The highest BCUT2D eigenvalue weighted by molar-refractivity contribution is 5.77. The first-order valence-electron chi connectivity index (χ1n) is 9.36. The number of fused-ring (bicyclic) bond motifs is 1. The fraction of sp³-hybridized carbons (Fsp3) is 0.227. The minimum absolute atomic E-state index is 0.0517. The van der Waals surface area contributed by atoms with Gasteiger partial charge in [-0.05, 0) is 36.2 Å². The number of nitrogens with zero attached hydrogens (tertiary/aromatic N) is 3. The van der Waals surface area contributed by atoms with Crippen molar-refractivity contribution in [3.8, 4) is 22.6 Å². The van der Waals surface area contributed by atoms with E-state index in [1.807, 2.05) is 37.3 Å². The highest BCUT2D eigenvalue weighted by Crippen LogP contribution is 2.37. The highest BCUT2D eigenvalue weighted by Gasteiger charge is 2.23. The summed E-state index contributed by atoms with van der Waals surface area (Å²) in [6.07, 6.45) is 2.94. The van der Waals surface area contributed by atoms with E-state index >= 15 is 0 Å². The summed E-state index contributed by atoms with van der Waals surface area (Å²) in [6, 6.07) is 13.2. The van der Waals surface area contributed by atoms with Gasteiger partial charge in [-0.25, -0.2) is 9.78 Å². The molecule has 148 valence electrons. The molecule has 4 rings (SSSR count). The van der Waals surface area contributed by atoms with Crippen molar-refractivity contribution in [3.05, 3.63) is 76.5 Å². The quantitative estimate of drug-likeness (QED) is 0.741. The van der Waals surface area contributed by atoms with Gasteiger partial charge >= 0.3 is 5.69 Å². The molecule has 0 radical (unpaired) electrons. The van der Waals surface area contributed by atoms with E-state index in [-0.39, 0.29) is 31.4 Å². The molecule has 1 aromatic heterocycles. The van der Waals surface area contributed by atoms with Crippen LogP contribution in [0.5, 0.6) is 11.5 Å². The Hall–Kier alpha value is -3.61. The van der Waals surface area contributed by atoms with Crippen molar-refractivity contribution < 1.29 is 14.6 Å². The van der Waals surface area contributed by atoms with Crippen molar-refractivity contribution >= 4 is 5.91 Å². The number of aromatic hydroxyl groups is 1. The standard InChI is InChI=1S/C22H21N3O4/c1-15-3-5-16(6-4-15)17-11-18-13-24(9-10-29-21(18)19(26)12-17)20(27)14-25-8-2-7-23-22(25)28/h2-8,11-12,26H,9-10,13-14H2,1H3. The second kappa shape index (κ2) is 7.79. The monoisotopic (exact) mass is 391 g/mol. The van der Waals surface area contributed by atoms with Crippen molar-refractivity contribution in [2.24, 2.45) is 0 Å². The van der Waals surface area contributed by atoms with E-state index in [0.717, 1.165) is 22.3 Å². The number of carbonyl (C=O) groups excluding carboxylic acids is 1. The van der Waals surface area contributed by atoms with Gasteiger partial charge in [0, 0.05) is 24.5 Å². The molecule has 0 atom stereocenters. The van der Waals surface area contributed by atoms with Gasteiger partial charge in [0.05, 0.1) is 6.54 Å². The van der Waals surface area contributed by atoms with Gasteiger partial charge in [-0.15, -0.1) is 0 Å². The maximum absolute atomic E-state index is 12.8. The van der Waals surface area contributed by atoms with Crippen LogP contribution in [-0.4, -0.2) is 38.6 Å². The van der Waals surface area contributed by atoms with Gasteiger partial charge in [0.25, 0.3) is 0 Å². The summed E-state index contributed by atoms with van der Waals surface area (Å²) in [7, 11) is 0. The second-order valence-corrected chi connectivity index (χ2v) is 7.04. The lowest BCUT2D eigenvalue weighted by atomic mass is 10.0. The largest absolute Gasteiger partial charge is 0.504 e. The molecular formula is C22H21N3O4. The van der Waals surface area contributed by atoms with Gasteiger partial charge in [-0.3, -0.25) is 9.36 Å². The molecule has 1 amide bonds. The van der Waals surface area contributed by atoms with Crippen LogP contribution in [0.15, 0.2) is 59.7 Å². The first kappa shape index (κ1) is 18.7. The van der Waals surface area contributed by atoms with E-state index in [1.165, 1.54) is 17.0 Å². The predicted octanol–water partition coefficient (Wildman–Crippen LogP) is 2.35. The Balaban J connectivity index is 1.62. The number of benzene rings is 2. The highest BCUT2D eigenvalue weighted by atomic mass is 16.5. The number of aromatic nitrogens is 2. The lowest BCUT2D eigenvalue weighted by Gasteiger charge is -2.20. The van der Waals surface area contributed by atoms with Crippen molar-refractivity contribution in [2.45, 2.75) is 20.0 Å². The lowest BCUT2D eigenvalue weighted by Crippen LogP contribution is -2.37. The third-order valence-electron chi connectivity index (χ3n) is 4.94. The van der Waals surface area contributed by atoms with E-state index in [1.54, 1.807) is 17.0 Å². The number of phenolic OH excluding ortho intramolecular Hbond substituents is 1. The molecule has 0 unspecified atom stereocenters. The number of aryl methyl sites for hydroxylation is 1. The number of amides is 1. The second-order valence-electron chi connectivity index (χ2n) is 7.04. The first-order valence-corrected chi connectivity index (χ1v) is 9.36. The third kappa shape index (κ3) is 3.99. The Kier molecular flexibility index (Phi) is 5.03. The molecule has 29 heavy (non-hydrogen) atoms. The van der Waals surface area contributed by atoms with Crippen molar-refractivity contribution in [2.75, 3.05) is 13.2 Å². The molecule has 0 saturated heterocycles. The number of hydrogen-bond donors (Lipinski definition) is 1. The van der Waals surface area contributed by atoms with Gasteiger partial charge < -0.3 is 14.7 Å². The number of hydrogen-bond acceptors (Lipinski definition) is 5. The Bertz CT molecular complexity index is 1110. The zero-order chi connectivity index (χ0) is 20.4.